The summed E-state index contributed by atoms with van der Waals surface area (Å²) in [5, 5.41) is 8.12. The first kappa shape index (κ1) is 22.8. The molecular weight excluding hydrogens is 436 g/mol. The first-order valence-corrected chi connectivity index (χ1v) is 10.7. The number of furan rings is 1. The van der Waals surface area contributed by atoms with Crippen molar-refractivity contribution in [1.29, 1.82) is 0 Å². The molecule has 1 fully saturated rings. The van der Waals surface area contributed by atoms with Gasteiger partial charge in [0.05, 0.1) is 23.6 Å². The van der Waals surface area contributed by atoms with Crippen LogP contribution in [0.5, 0.6) is 0 Å². The van der Waals surface area contributed by atoms with Gasteiger partial charge in [-0.2, -0.15) is 0 Å². The van der Waals surface area contributed by atoms with Crippen LogP contribution >= 0.6 is 0 Å². The van der Waals surface area contributed by atoms with Gasteiger partial charge in [-0.3, -0.25) is 19.3 Å². The number of para-hydroxylation sites is 1. The number of urea groups is 1. The molecule has 5 amide bonds. The van der Waals surface area contributed by atoms with E-state index in [9.17, 15) is 19.2 Å². The van der Waals surface area contributed by atoms with Gasteiger partial charge in [0.25, 0.3) is 11.8 Å². The SMILES string of the molecule is C[C@@H](NC(=O)c1ccccc1NC(=O)CN1C(=O)N[C@@](C)(c2ccco2)C1=O)c1ccccc1. The number of hydrogen-bond acceptors (Lipinski definition) is 5. The first-order valence-electron chi connectivity index (χ1n) is 10.7. The highest BCUT2D eigenvalue weighted by Gasteiger charge is 2.51. The number of nitrogens with one attached hydrogen (secondary N) is 3. The van der Waals surface area contributed by atoms with Gasteiger partial charge in [-0.25, -0.2) is 4.79 Å². The maximum atomic E-state index is 12.9. The summed E-state index contributed by atoms with van der Waals surface area (Å²) in [5.74, 6) is -1.33. The molecule has 3 N–H and O–H groups in total. The van der Waals surface area contributed by atoms with Crippen LogP contribution < -0.4 is 16.0 Å². The minimum atomic E-state index is -1.40. The second kappa shape index (κ2) is 9.22. The van der Waals surface area contributed by atoms with Crippen molar-refractivity contribution in [3.8, 4) is 0 Å². The molecule has 34 heavy (non-hydrogen) atoms. The van der Waals surface area contributed by atoms with Crippen LogP contribution in [0.15, 0.2) is 77.4 Å². The van der Waals surface area contributed by atoms with E-state index in [4.69, 9.17) is 4.42 Å². The molecule has 0 unspecified atom stereocenters. The third-order valence-corrected chi connectivity index (χ3v) is 5.68. The molecule has 0 bridgehead atoms. The summed E-state index contributed by atoms with van der Waals surface area (Å²) < 4.78 is 5.29. The summed E-state index contributed by atoms with van der Waals surface area (Å²) in [6.45, 7) is 2.86. The van der Waals surface area contributed by atoms with E-state index in [2.05, 4.69) is 16.0 Å². The van der Waals surface area contributed by atoms with Gasteiger partial charge < -0.3 is 20.4 Å². The number of hydrogen-bond donors (Lipinski definition) is 3. The molecule has 0 aliphatic carbocycles. The highest BCUT2D eigenvalue weighted by atomic mass is 16.3. The van der Waals surface area contributed by atoms with E-state index >= 15 is 0 Å². The van der Waals surface area contributed by atoms with Crippen molar-refractivity contribution in [2.24, 2.45) is 0 Å². The second-order valence-electron chi connectivity index (χ2n) is 8.12. The van der Waals surface area contributed by atoms with Gasteiger partial charge in [-0.1, -0.05) is 42.5 Å². The first-order chi connectivity index (χ1) is 16.3. The van der Waals surface area contributed by atoms with Crippen LogP contribution in [0, 0.1) is 0 Å². The van der Waals surface area contributed by atoms with E-state index in [1.165, 1.54) is 13.2 Å². The van der Waals surface area contributed by atoms with Crippen molar-refractivity contribution >= 4 is 29.4 Å². The van der Waals surface area contributed by atoms with Crippen LogP contribution in [-0.4, -0.2) is 35.2 Å². The Kier molecular flexibility index (Phi) is 6.18. The molecule has 3 aromatic rings. The van der Waals surface area contributed by atoms with E-state index < -0.39 is 29.9 Å². The molecule has 9 nitrogen and oxygen atoms in total. The van der Waals surface area contributed by atoms with Crippen LogP contribution in [-0.2, 0) is 15.1 Å². The number of amides is 5. The molecule has 2 atom stereocenters. The third-order valence-electron chi connectivity index (χ3n) is 5.68. The predicted molar refractivity (Wildman–Crippen MR) is 124 cm³/mol. The largest absolute Gasteiger partial charge is 0.466 e. The minimum absolute atomic E-state index is 0.248. The van der Waals surface area contributed by atoms with E-state index in [0.717, 1.165) is 10.5 Å². The number of imide groups is 1. The van der Waals surface area contributed by atoms with E-state index in [1.54, 1.807) is 36.4 Å². The quantitative estimate of drug-likeness (QED) is 0.468. The molecule has 1 aliphatic heterocycles. The lowest BCUT2D eigenvalue weighted by atomic mass is 9.99. The third kappa shape index (κ3) is 4.40. The van der Waals surface area contributed by atoms with Crippen molar-refractivity contribution in [1.82, 2.24) is 15.5 Å². The number of benzene rings is 2. The number of nitrogens with zero attached hydrogens (tertiary/aromatic N) is 1. The van der Waals surface area contributed by atoms with Gasteiger partial charge in [0.2, 0.25) is 5.91 Å². The van der Waals surface area contributed by atoms with Crippen molar-refractivity contribution in [2.75, 3.05) is 11.9 Å². The van der Waals surface area contributed by atoms with Crippen molar-refractivity contribution in [3.63, 3.8) is 0 Å². The highest BCUT2D eigenvalue weighted by molar-refractivity contribution is 6.11. The number of carbonyl (C=O) groups excluding carboxylic acids is 4. The molecule has 0 radical (unpaired) electrons. The molecule has 2 heterocycles. The average molecular weight is 460 g/mol. The van der Waals surface area contributed by atoms with Crippen LogP contribution in [0.4, 0.5) is 10.5 Å². The Balaban J connectivity index is 1.44. The summed E-state index contributed by atoms with van der Waals surface area (Å²) in [6.07, 6.45) is 1.40. The van der Waals surface area contributed by atoms with Gasteiger partial charge in [0.15, 0.2) is 5.54 Å². The van der Waals surface area contributed by atoms with Crippen molar-refractivity contribution in [3.05, 3.63) is 89.9 Å². The lowest BCUT2D eigenvalue weighted by molar-refractivity contribution is -0.134. The standard InChI is InChI=1S/C25H24N4O5/c1-16(17-9-4-3-5-10-17)26-22(31)18-11-6-7-12-19(18)27-21(30)15-29-23(32)25(2,28-24(29)33)20-13-8-14-34-20/h3-14,16H,15H2,1-2H3,(H,26,31)(H,27,30)(H,28,33)/t16-,25+/m1/s1. The zero-order chi connectivity index (χ0) is 24.3. The molecule has 9 heteroatoms. The van der Waals surface area contributed by atoms with Crippen molar-refractivity contribution in [2.45, 2.75) is 25.4 Å². The number of carbonyl (C=O) groups is 4. The minimum Gasteiger partial charge on any atom is -0.466 e. The molecule has 2 aromatic carbocycles. The summed E-state index contributed by atoms with van der Waals surface area (Å²) in [5.41, 5.74) is 0.0737. The smallest absolute Gasteiger partial charge is 0.325 e. The Hall–Kier alpha value is -4.40. The normalized spacial score (nSPS) is 18.4. The summed E-state index contributed by atoms with van der Waals surface area (Å²) in [4.78, 5) is 51.8. The molecular formula is C25H24N4O5. The van der Waals surface area contributed by atoms with Gasteiger partial charge in [-0.15, -0.1) is 0 Å². The number of anilines is 1. The van der Waals surface area contributed by atoms with Crippen LogP contribution in [0.3, 0.4) is 0 Å². The molecule has 4 rings (SSSR count). The van der Waals surface area contributed by atoms with Gasteiger partial charge in [0.1, 0.15) is 12.3 Å². The lowest BCUT2D eigenvalue weighted by Crippen LogP contribution is -2.42. The van der Waals surface area contributed by atoms with E-state index in [0.29, 0.717) is 0 Å². The highest BCUT2D eigenvalue weighted by Crippen LogP contribution is 2.29. The Morgan fingerprint density at radius 2 is 1.74 bits per heavy atom. The summed E-state index contributed by atoms with van der Waals surface area (Å²) in [7, 11) is 0. The van der Waals surface area contributed by atoms with Gasteiger partial charge in [0, 0.05) is 0 Å². The van der Waals surface area contributed by atoms with Crippen molar-refractivity contribution < 1.29 is 23.6 Å². The zero-order valence-electron chi connectivity index (χ0n) is 18.7. The van der Waals surface area contributed by atoms with Gasteiger partial charge >= 0.3 is 6.03 Å². The fourth-order valence-electron chi connectivity index (χ4n) is 3.79. The van der Waals surface area contributed by atoms with Crippen LogP contribution in [0.25, 0.3) is 0 Å². The van der Waals surface area contributed by atoms with E-state index in [1.807, 2.05) is 37.3 Å². The molecule has 0 spiro atoms. The number of rotatable bonds is 7. The zero-order valence-corrected chi connectivity index (χ0v) is 18.7. The fraction of sp³-hybridized carbons (Fsp3) is 0.200. The fourth-order valence-corrected chi connectivity index (χ4v) is 3.79. The molecule has 174 valence electrons. The molecule has 1 aromatic heterocycles. The monoisotopic (exact) mass is 460 g/mol. The Bertz CT molecular complexity index is 1230. The average Bonchev–Trinajstić information content (AvgIpc) is 3.44. The van der Waals surface area contributed by atoms with Crippen LogP contribution in [0.2, 0.25) is 0 Å². The van der Waals surface area contributed by atoms with Gasteiger partial charge in [-0.05, 0) is 43.7 Å². The summed E-state index contributed by atoms with van der Waals surface area (Å²) >= 11 is 0. The lowest BCUT2D eigenvalue weighted by Gasteiger charge is -2.19. The summed E-state index contributed by atoms with van der Waals surface area (Å²) in [6, 6.07) is 18.2. The maximum absolute atomic E-state index is 12.9. The Morgan fingerprint density at radius 1 is 1.03 bits per heavy atom. The second-order valence-corrected chi connectivity index (χ2v) is 8.12. The maximum Gasteiger partial charge on any atom is 0.325 e. The van der Waals surface area contributed by atoms with E-state index in [-0.39, 0.29) is 29.0 Å². The predicted octanol–water partition coefficient (Wildman–Crippen LogP) is 3.18. The molecule has 0 saturated carbocycles. The Labute approximate surface area is 196 Å². The molecule has 1 aliphatic rings. The molecule has 1 saturated heterocycles. The topological polar surface area (TPSA) is 121 Å². The Morgan fingerprint density at radius 3 is 2.44 bits per heavy atom. The van der Waals surface area contributed by atoms with Crippen LogP contribution in [0.1, 0.15) is 41.6 Å².